The average molecular weight is 633 g/mol. The Balaban J connectivity index is 1.43. The van der Waals surface area contributed by atoms with Crippen LogP contribution in [0, 0.1) is 0 Å². The summed E-state index contributed by atoms with van der Waals surface area (Å²) < 4.78 is 0. The summed E-state index contributed by atoms with van der Waals surface area (Å²) in [6, 6.07) is 33.6. The minimum atomic E-state index is -0.858. The Morgan fingerprint density at radius 2 is 1.46 bits per heavy atom. The highest BCUT2D eigenvalue weighted by molar-refractivity contribution is 7.09. The molecule has 4 aromatic carbocycles. The van der Waals surface area contributed by atoms with Gasteiger partial charge in [0.05, 0.1) is 0 Å². The van der Waals surface area contributed by atoms with E-state index in [4.69, 9.17) is 5.73 Å². The summed E-state index contributed by atoms with van der Waals surface area (Å²) in [6.45, 7) is 0.749. The number of fused-ring (bicyclic) bond motifs is 1. The third-order valence-electron chi connectivity index (χ3n) is 8.37. The molecule has 0 saturated heterocycles. The number of rotatable bonds is 13. The van der Waals surface area contributed by atoms with Crippen LogP contribution in [-0.4, -0.2) is 60.2 Å². The van der Waals surface area contributed by atoms with Crippen molar-refractivity contribution < 1.29 is 14.4 Å². The van der Waals surface area contributed by atoms with Crippen LogP contribution in [0.1, 0.15) is 31.9 Å². The molecule has 3 amide bonds. The number of nitrogens with one attached hydrogen (secondary N) is 1. The standard InChI is InChI=1S/C38H40N4O3S/c1-41(34(25-33-16-9-21-46-33)36(43)40-20-19-27-10-4-3-5-11-27)38(45)35(24-28-17-18-30-13-6-7-14-31(30)22-28)42(2)37(44)32-15-8-12-29(23-32)26-39/h3-18,21-23,34-35H,19-20,24-26,39H2,1-2H3,(H,40,43). The van der Waals surface area contributed by atoms with E-state index in [9.17, 15) is 14.4 Å². The normalized spacial score (nSPS) is 12.3. The van der Waals surface area contributed by atoms with Crippen LogP contribution in [-0.2, 0) is 35.4 Å². The second kappa shape index (κ2) is 15.5. The van der Waals surface area contributed by atoms with Gasteiger partial charge in [-0.3, -0.25) is 14.4 Å². The molecule has 2 atom stereocenters. The topological polar surface area (TPSA) is 95.7 Å². The van der Waals surface area contributed by atoms with E-state index in [0.29, 0.717) is 31.5 Å². The smallest absolute Gasteiger partial charge is 0.254 e. The van der Waals surface area contributed by atoms with Crippen molar-refractivity contribution in [2.75, 3.05) is 20.6 Å². The molecule has 8 heteroatoms. The molecule has 7 nitrogen and oxygen atoms in total. The highest BCUT2D eigenvalue weighted by Crippen LogP contribution is 2.22. The molecule has 0 radical (unpaired) electrons. The lowest BCUT2D eigenvalue weighted by Gasteiger charge is -2.34. The van der Waals surface area contributed by atoms with Crippen LogP contribution in [0.3, 0.4) is 0 Å². The van der Waals surface area contributed by atoms with Gasteiger partial charge in [0.25, 0.3) is 5.91 Å². The summed E-state index contributed by atoms with van der Waals surface area (Å²) in [6.07, 6.45) is 1.34. The number of hydrogen-bond donors (Lipinski definition) is 2. The molecule has 1 heterocycles. The van der Waals surface area contributed by atoms with Gasteiger partial charge in [0.2, 0.25) is 11.8 Å². The SMILES string of the molecule is CN(C(=O)c1cccc(CN)c1)C(Cc1ccc2ccccc2c1)C(=O)N(C)C(Cc1cccs1)C(=O)NCCc1ccccc1. The second-order valence-corrected chi connectivity index (χ2v) is 12.5. The molecule has 0 bridgehead atoms. The third-order valence-corrected chi connectivity index (χ3v) is 9.27. The van der Waals surface area contributed by atoms with Gasteiger partial charge in [-0.15, -0.1) is 11.3 Å². The van der Waals surface area contributed by atoms with Crippen LogP contribution < -0.4 is 11.1 Å². The van der Waals surface area contributed by atoms with Gasteiger partial charge in [-0.25, -0.2) is 0 Å². The van der Waals surface area contributed by atoms with Gasteiger partial charge >= 0.3 is 0 Å². The van der Waals surface area contributed by atoms with Gasteiger partial charge < -0.3 is 20.9 Å². The zero-order valence-electron chi connectivity index (χ0n) is 26.3. The fourth-order valence-corrected chi connectivity index (χ4v) is 6.40. The fraction of sp³-hybridized carbons (Fsp3) is 0.237. The molecule has 0 saturated carbocycles. The largest absolute Gasteiger partial charge is 0.354 e. The third kappa shape index (κ3) is 8.07. The van der Waals surface area contributed by atoms with Gasteiger partial charge in [-0.05, 0) is 57.5 Å². The van der Waals surface area contributed by atoms with Gasteiger partial charge in [0.1, 0.15) is 12.1 Å². The van der Waals surface area contributed by atoms with E-state index >= 15 is 0 Å². The quantitative estimate of drug-likeness (QED) is 0.180. The van der Waals surface area contributed by atoms with Crippen molar-refractivity contribution >= 4 is 39.8 Å². The molecular formula is C38H40N4O3S. The fourth-order valence-electron chi connectivity index (χ4n) is 5.66. The lowest BCUT2D eigenvalue weighted by atomic mass is 9.98. The van der Waals surface area contributed by atoms with Crippen molar-refractivity contribution in [3.63, 3.8) is 0 Å². The molecule has 5 rings (SSSR count). The molecule has 46 heavy (non-hydrogen) atoms. The van der Waals surface area contributed by atoms with Crippen molar-refractivity contribution in [3.05, 3.63) is 142 Å². The Kier molecular flexibility index (Phi) is 11.0. The first kappa shape index (κ1) is 32.6. The lowest BCUT2D eigenvalue weighted by molar-refractivity contribution is -0.142. The van der Waals surface area contributed by atoms with Crippen LogP contribution in [0.5, 0.6) is 0 Å². The van der Waals surface area contributed by atoms with E-state index < -0.39 is 12.1 Å². The Morgan fingerprint density at radius 3 is 2.20 bits per heavy atom. The number of hydrogen-bond acceptors (Lipinski definition) is 5. The van der Waals surface area contributed by atoms with E-state index in [1.54, 1.807) is 43.6 Å². The number of benzene rings is 4. The van der Waals surface area contributed by atoms with E-state index in [1.807, 2.05) is 90.3 Å². The molecule has 5 aromatic rings. The Morgan fingerprint density at radius 1 is 0.717 bits per heavy atom. The molecule has 236 valence electrons. The highest BCUT2D eigenvalue weighted by atomic mass is 32.1. The predicted octanol–water partition coefficient (Wildman–Crippen LogP) is 5.47. The molecule has 0 aliphatic carbocycles. The number of carbonyl (C=O) groups is 3. The molecule has 3 N–H and O–H groups in total. The first-order chi connectivity index (χ1) is 22.3. The Bertz CT molecular complexity index is 1770. The maximum Gasteiger partial charge on any atom is 0.254 e. The zero-order chi connectivity index (χ0) is 32.5. The molecule has 0 fully saturated rings. The molecule has 0 spiro atoms. The van der Waals surface area contributed by atoms with Gasteiger partial charge in [-0.2, -0.15) is 0 Å². The summed E-state index contributed by atoms with van der Waals surface area (Å²) >= 11 is 1.55. The monoisotopic (exact) mass is 632 g/mol. The summed E-state index contributed by atoms with van der Waals surface area (Å²) in [5, 5.41) is 7.17. The van der Waals surface area contributed by atoms with Crippen LogP contribution in [0.25, 0.3) is 10.8 Å². The molecule has 2 unspecified atom stereocenters. The van der Waals surface area contributed by atoms with E-state index in [2.05, 4.69) is 11.4 Å². The predicted molar refractivity (Wildman–Crippen MR) is 186 cm³/mol. The van der Waals surface area contributed by atoms with Crippen LogP contribution in [0.2, 0.25) is 0 Å². The van der Waals surface area contributed by atoms with Crippen molar-refractivity contribution in [1.82, 2.24) is 15.1 Å². The molecule has 1 aromatic heterocycles. The van der Waals surface area contributed by atoms with Gasteiger partial charge in [0, 0.05) is 50.5 Å². The number of nitrogens with two attached hydrogens (primary N) is 1. The Hall–Kier alpha value is -4.79. The zero-order valence-corrected chi connectivity index (χ0v) is 27.1. The van der Waals surface area contributed by atoms with E-state index in [0.717, 1.165) is 32.3 Å². The first-order valence-electron chi connectivity index (χ1n) is 15.5. The molecule has 0 aliphatic rings. The minimum Gasteiger partial charge on any atom is -0.354 e. The second-order valence-electron chi connectivity index (χ2n) is 11.5. The maximum absolute atomic E-state index is 14.5. The maximum atomic E-state index is 14.5. The average Bonchev–Trinajstić information content (AvgIpc) is 3.62. The number of carbonyl (C=O) groups excluding carboxylic acids is 3. The summed E-state index contributed by atoms with van der Waals surface area (Å²) in [5.41, 5.74) is 9.18. The van der Waals surface area contributed by atoms with Crippen LogP contribution in [0.15, 0.2) is 115 Å². The van der Waals surface area contributed by atoms with E-state index in [-0.39, 0.29) is 24.1 Å². The van der Waals surface area contributed by atoms with Crippen molar-refractivity contribution in [2.24, 2.45) is 5.73 Å². The number of nitrogens with zero attached hydrogens (tertiary/aromatic N) is 2. The summed E-state index contributed by atoms with van der Waals surface area (Å²) in [7, 11) is 3.32. The Labute approximate surface area is 274 Å². The molecule has 0 aliphatic heterocycles. The van der Waals surface area contributed by atoms with Crippen molar-refractivity contribution in [2.45, 2.75) is 37.9 Å². The summed E-state index contributed by atoms with van der Waals surface area (Å²) in [5.74, 6) is -0.821. The summed E-state index contributed by atoms with van der Waals surface area (Å²) in [4.78, 5) is 46.1. The van der Waals surface area contributed by atoms with Crippen molar-refractivity contribution in [1.29, 1.82) is 0 Å². The number of thiophene rings is 1. The number of likely N-dealkylation sites (N-methyl/N-ethyl adjacent to an activating group) is 2. The van der Waals surface area contributed by atoms with Gasteiger partial charge in [-0.1, -0.05) is 91.0 Å². The lowest BCUT2D eigenvalue weighted by Crippen LogP contribution is -2.56. The minimum absolute atomic E-state index is 0.228. The van der Waals surface area contributed by atoms with Gasteiger partial charge in [0.15, 0.2) is 0 Å². The highest BCUT2D eigenvalue weighted by Gasteiger charge is 2.35. The van der Waals surface area contributed by atoms with Crippen LogP contribution in [0.4, 0.5) is 0 Å². The van der Waals surface area contributed by atoms with E-state index in [1.165, 1.54) is 9.80 Å². The van der Waals surface area contributed by atoms with Crippen molar-refractivity contribution in [3.8, 4) is 0 Å². The number of amides is 3. The van der Waals surface area contributed by atoms with Crippen LogP contribution >= 0.6 is 11.3 Å². The first-order valence-corrected chi connectivity index (χ1v) is 16.4. The molecular weight excluding hydrogens is 593 g/mol.